The Bertz CT molecular complexity index is 1060. The summed E-state index contributed by atoms with van der Waals surface area (Å²) >= 11 is 0. The molecule has 6 heteroatoms. The van der Waals surface area contributed by atoms with E-state index in [1.54, 1.807) is 0 Å². The van der Waals surface area contributed by atoms with Crippen LogP contribution in [-0.2, 0) is 28.6 Å². The van der Waals surface area contributed by atoms with Crippen LogP contribution in [0.25, 0.3) is 0 Å². The summed E-state index contributed by atoms with van der Waals surface area (Å²) in [6.07, 6.45) is 58.0. The molecule has 0 saturated heterocycles. The van der Waals surface area contributed by atoms with Gasteiger partial charge >= 0.3 is 17.9 Å². The zero-order valence-corrected chi connectivity index (χ0v) is 39.7. The van der Waals surface area contributed by atoms with Crippen molar-refractivity contribution in [2.75, 3.05) is 13.2 Å². The van der Waals surface area contributed by atoms with E-state index in [0.29, 0.717) is 19.3 Å². The lowest BCUT2D eigenvalue weighted by molar-refractivity contribution is -0.167. The van der Waals surface area contributed by atoms with Gasteiger partial charge < -0.3 is 14.2 Å². The number of hydrogen-bond donors (Lipinski definition) is 0. The fourth-order valence-electron chi connectivity index (χ4n) is 7.14. The summed E-state index contributed by atoms with van der Waals surface area (Å²) in [7, 11) is 0. The van der Waals surface area contributed by atoms with Gasteiger partial charge in [-0.2, -0.15) is 0 Å². The molecule has 0 heterocycles. The van der Waals surface area contributed by atoms with Crippen molar-refractivity contribution < 1.29 is 28.6 Å². The van der Waals surface area contributed by atoms with E-state index in [-0.39, 0.29) is 31.1 Å². The maximum atomic E-state index is 12.8. The second kappa shape index (κ2) is 49.0. The highest BCUT2D eigenvalue weighted by molar-refractivity contribution is 5.71. The molecule has 0 amide bonds. The molecule has 0 fully saturated rings. The van der Waals surface area contributed by atoms with Crippen molar-refractivity contribution in [3.63, 3.8) is 0 Å². The largest absolute Gasteiger partial charge is 0.462 e. The predicted octanol–water partition coefficient (Wildman–Crippen LogP) is 16.7. The van der Waals surface area contributed by atoms with Gasteiger partial charge in [0.15, 0.2) is 6.10 Å². The van der Waals surface area contributed by atoms with Gasteiger partial charge in [0.1, 0.15) is 13.2 Å². The zero-order valence-electron chi connectivity index (χ0n) is 39.7. The molecule has 0 saturated carbocycles. The molecule has 348 valence electrons. The predicted molar refractivity (Wildman–Crippen MR) is 256 cm³/mol. The Labute approximate surface area is 371 Å². The molecule has 0 aromatic carbocycles. The first-order valence-corrected chi connectivity index (χ1v) is 25.6. The fourth-order valence-corrected chi connectivity index (χ4v) is 7.14. The number of hydrogen-bond acceptors (Lipinski definition) is 6. The molecule has 0 aromatic rings. The SMILES string of the molecule is CCCC/C=C\C/C=C\CCCCCCCC(=O)O[C@@H](COC(=O)CCCCCCC/C=C\C/C=C\CCCCC)COC(=O)CCCCCCCCCCCCCCC. The number of unbranched alkanes of at least 4 members (excludes halogenated alkanes) is 27. The van der Waals surface area contributed by atoms with Crippen LogP contribution in [0.5, 0.6) is 0 Å². The maximum Gasteiger partial charge on any atom is 0.306 e. The van der Waals surface area contributed by atoms with Crippen molar-refractivity contribution in [2.45, 2.75) is 264 Å². The number of rotatable bonds is 46. The van der Waals surface area contributed by atoms with Crippen LogP contribution in [0.2, 0.25) is 0 Å². The minimum Gasteiger partial charge on any atom is -0.462 e. The Balaban J connectivity index is 4.41. The van der Waals surface area contributed by atoms with Crippen LogP contribution in [0.15, 0.2) is 48.6 Å². The van der Waals surface area contributed by atoms with Crippen molar-refractivity contribution in [3.05, 3.63) is 48.6 Å². The molecule has 0 radical (unpaired) electrons. The first-order valence-electron chi connectivity index (χ1n) is 25.6. The molecular formula is C54H96O6. The summed E-state index contributed by atoms with van der Waals surface area (Å²) in [5, 5.41) is 0. The van der Waals surface area contributed by atoms with E-state index in [2.05, 4.69) is 69.4 Å². The summed E-state index contributed by atoms with van der Waals surface area (Å²) in [5.74, 6) is -0.903. The molecule has 0 aliphatic rings. The first kappa shape index (κ1) is 57.4. The Kier molecular flexibility index (Phi) is 46.9. The van der Waals surface area contributed by atoms with Crippen LogP contribution >= 0.6 is 0 Å². The molecule has 0 N–H and O–H groups in total. The van der Waals surface area contributed by atoms with Crippen molar-refractivity contribution in [3.8, 4) is 0 Å². The quantitative estimate of drug-likeness (QED) is 0.0263. The van der Waals surface area contributed by atoms with Crippen LogP contribution in [0.4, 0.5) is 0 Å². The van der Waals surface area contributed by atoms with E-state index in [1.165, 1.54) is 116 Å². The molecule has 0 aliphatic heterocycles. The normalized spacial score (nSPS) is 12.4. The smallest absolute Gasteiger partial charge is 0.306 e. The second-order valence-electron chi connectivity index (χ2n) is 17.1. The minimum absolute atomic E-state index is 0.0813. The third-order valence-corrected chi connectivity index (χ3v) is 11.1. The van der Waals surface area contributed by atoms with Gasteiger partial charge in [-0.15, -0.1) is 0 Å². The molecule has 0 unspecified atom stereocenters. The lowest BCUT2D eigenvalue weighted by Gasteiger charge is -2.18. The van der Waals surface area contributed by atoms with Crippen molar-refractivity contribution in [1.29, 1.82) is 0 Å². The molecule has 6 nitrogen and oxygen atoms in total. The van der Waals surface area contributed by atoms with E-state index < -0.39 is 6.10 Å². The van der Waals surface area contributed by atoms with Gasteiger partial charge in [-0.1, -0.05) is 211 Å². The number of esters is 3. The lowest BCUT2D eigenvalue weighted by atomic mass is 10.0. The Morgan fingerprint density at radius 1 is 0.333 bits per heavy atom. The van der Waals surface area contributed by atoms with Gasteiger partial charge in [0.05, 0.1) is 0 Å². The fraction of sp³-hybridized carbons (Fsp3) is 0.796. The number of carbonyl (C=O) groups is 3. The van der Waals surface area contributed by atoms with Gasteiger partial charge in [0.2, 0.25) is 0 Å². The highest BCUT2D eigenvalue weighted by Gasteiger charge is 2.19. The van der Waals surface area contributed by atoms with Crippen LogP contribution in [0, 0.1) is 0 Å². The van der Waals surface area contributed by atoms with Crippen molar-refractivity contribution in [1.82, 2.24) is 0 Å². The van der Waals surface area contributed by atoms with E-state index in [0.717, 1.165) is 103 Å². The molecule has 0 aliphatic carbocycles. The summed E-state index contributed by atoms with van der Waals surface area (Å²) in [6, 6.07) is 0. The molecule has 0 spiro atoms. The number of carbonyl (C=O) groups excluding carboxylic acids is 3. The molecule has 0 aromatic heterocycles. The zero-order chi connectivity index (χ0) is 43.7. The Morgan fingerprint density at radius 3 is 1.00 bits per heavy atom. The van der Waals surface area contributed by atoms with E-state index in [9.17, 15) is 14.4 Å². The Morgan fingerprint density at radius 2 is 0.617 bits per heavy atom. The van der Waals surface area contributed by atoms with Gasteiger partial charge in [-0.3, -0.25) is 14.4 Å². The van der Waals surface area contributed by atoms with Crippen LogP contribution in [0.3, 0.4) is 0 Å². The van der Waals surface area contributed by atoms with Gasteiger partial charge in [-0.25, -0.2) is 0 Å². The topological polar surface area (TPSA) is 78.9 Å². The highest BCUT2D eigenvalue weighted by atomic mass is 16.6. The van der Waals surface area contributed by atoms with E-state index in [1.807, 2.05) is 0 Å². The van der Waals surface area contributed by atoms with Crippen molar-refractivity contribution >= 4 is 17.9 Å². The standard InChI is InChI=1S/C54H96O6/c1-4-7-10-13-16-19-22-25-27-30-32-35-38-41-44-47-53(56)59-50-51(49-58-52(55)46-43-40-37-34-31-28-24-21-18-15-12-9-6-3)60-54(57)48-45-42-39-36-33-29-26-23-20-17-14-11-8-5-2/h14,16-17,19,23,25-27,51H,4-13,15,18,20-22,24,28-50H2,1-3H3/b17-14-,19-16-,26-23-,27-25-/t51-/m1/s1. The molecule has 1 atom stereocenters. The van der Waals surface area contributed by atoms with E-state index >= 15 is 0 Å². The number of ether oxygens (including phenoxy) is 3. The average Bonchev–Trinajstić information content (AvgIpc) is 3.24. The second-order valence-corrected chi connectivity index (χ2v) is 17.1. The molecule has 0 bridgehead atoms. The van der Waals surface area contributed by atoms with Gasteiger partial charge in [0.25, 0.3) is 0 Å². The lowest BCUT2D eigenvalue weighted by Crippen LogP contribution is -2.30. The van der Waals surface area contributed by atoms with Crippen LogP contribution in [0.1, 0.15) is 258 Å². The molecule has 60 heavy (non-hydrogen) atoms. The summed E-state index contributed by atoms with van der Waals surface area (Å²) < 4.78 is 16.8. The molecule has 0 rings (SSSR count). The summed E-state index contributed by atoms with van der Waals surface area (Å²) in [6.45, 7) is 6.56. The third-order valence-electron chi connectivity index (χ3n) is 11.1. The maximum absolute atomic E-state index is 12.8. The monoisotopic (exact) mass is 841 g/mol. The van der Waals surface area contributed by atoms with Gasteiger partial charge in [0, 0.05) is 19.3 Å². The Hall–Kier alpha value is -2.63. The third kappa shape index (κ3) is 46.4. The number of allylic oxidation sites excluding steroid dienone is 8. The van der Waals surface area contributed by atoms with Crippen LogP contribution in [-0.4, -0.2) is 37.2 Å². The van der Waals surface area contributed by atoms with Gasteiger partial charge in [-0.05, 0) is 77.0 Å². The average molecular weight is 841 g/mol. The van der Waals surface area contributed by atoms with E-state index in [4.69, 9.17) is 14.2 Å². The summed E-state index contributed by atoms with van der Waals surface area (Å²) in [4.78, 5) is 37.9. The van der Waals surface area contributed by atoms with Crippen molar-refractivity contribution in [2.24, 2.45) is 0 Å². The molecular weight excluding hydrogens is 745 g/mol. The highest BCUT2D eigenvalue weighted by Crippen LogP contribution is 2.15. The summed E-state index contributed by atoms with van der Waals surface area (Å²) in [5.41, 5.74) is 0. The minimum atomic E-state index is -0.782. The van der Waals surface area contributed by atoms with Crippen LogP contribution < -0.4 is 0 Å². The first-order chi connectivity index (χ1) is 29.5.